The molecule has 5 heteroatoms. The van der Waals surface area contributed by atoms with Gasteiger partial charge in [0.1, 0.15) is 5.75 Å². The molecule has 110 valence electrons. The van der Waals surface area contributed by atoms with Crippen LogP contribution < -0.4 is 15.8 Å². The molecule has 0 spiro atoms. The van der Waals surface area contributed by atoms with Crippen molar-refractivity contribution in [2.24, 2.45) is 5.92 Å². The average Bonchev–Trinajstić information content (AvgIpc) is 2.48. The maximum atomic E-state index is 11.7. The first-order valence-electron chi connectivity index (χ1n) is 7.07. The van der Waals surface area contributed by atoms with Gasteiger partial charge in [-0.15, -0.1) is 0 Å². The van der Waals surface area contributed by atoms with E-state index in [1.165, 1.54) is 0 Å². The number of amides is 1. The van der Waals surface area contributed by atoms with Gasteiger partial charge in [-0.05, 0) is 43.0 Å². The van der Waals surface area contributed by atoms with Crippen molar-refractivity contribution < 1.29 is 14.3 Å². The first-order chi connectivity index (χ1) is 9.74. The number of hydrogen-bond acceptors (Lipinski definition) is 4. The summed E-state index contributed by atoms with van der Waals surface area (Å²) in [5.41, 5.74) is 6.29. The quantitative estimate of drug-likeness (QED) is 0.775. The number of carbonyl (C=O) groups excluding carboxylic acids is 1. The molecule has 0 unspecified atom stereocenters. The molecule has 1 saturated heterocycles. The third kappa shape index (κ3) is 5.09. The summed E-state index contributed by atoms with van der Waals surface area (Å²) in [5, 5.41) is 2.95. The summed E-state index contributed by atoms with van der Waals surface area (Å²) < 4.78 is 10.8. The first-order valence-corrected chi connectivity index (χ1v) is 7.07. The van der Waals surface area contributed by atoms with E-state index in [1.54, 1.807) is 24.3 Å². The summed E-state index contributed by atoms with van der Waals surface area (Å²) in [7, 11) is 0. The zero-order chi connectivity index (χ0) is 14.2. The van der Waals surface area contributed by atoms with E-state index in [1.807, 2.05) is 0 Å². The fraction of sp³-hybridized carbons (Fsp3) is 0.533. The highest BCUT2D eigenvalue weighted by Gasteiger charge is 2.14. The van der Waals surface area contributed by atoms with Crippen LogP contribution in [-0.4, -0.2) is 32.3 Å². The largest absolute Gasteiger partial charge is 0.493 e. The fourth-order valence-electron chi connectivity index (χ4n) is 2.12. The molecule has 0 saturated carbocycles. The summed E-state index contributed by atoms with van der Waals surface area (Å²) in [5.74, 6) is 1.31. The molecule has 0 bridgehead atoms. The first kappa shape index (κ1) is 14.7. The number of hydrogen-bond donors (Lipinski definition) is 2. The molecule has 1 aliphatic rings. The Morgan fingerprint density at radius 1 is 1.30 bits per heavy atom. The van der Waals surface area contributed by atoms with Crippen molar-refractivity contribution in [2.75, 3.05) is 32.1 Å². The van der Waals surface area contributed by atoms with Crippen molar-refractivity contribution in [3.8, 4) is 5.75 Å². The molecule has 1 amide bonds. The second-order valence-corrected chi connectivity index (χ2v) is 5.03. The molecule has 1 heterocycles. The molecular formula is C15H22N2O3. The predicted molar refractivity (Wildman–Crippen MR) is 77.5 cm³/mol. The topological polar surface area (TPSA) is 73.6 Å². The molecule has 0 radical (unpaired) electrons. The normalized spacial score (nSPS) is 15.8. The van der Waals surface area contributed by atoms with Crippen molar-refractivity contribution in [1.29, 1.82) is 0 Å². The number of rotatable bonds is 6. The second kappa shape index (κ2) is 7.75. The van der Waals surface area contributed by atoms with Crippen LogP contribution in [0.5, 0.6) is 5.75 Å². The van der Waals surface area contributed by atoms with E-state index in [0.29, 0.717) is 24.6 Å². The van der Waals surface area contributed by atoms with Gasteiger partial charge in [-0.2, -0.15) is 0 Å². The summed E-state index contributed by atoms with van der Waals surface area (Å²) in [6.07, 6.45) is 2.43. The minimum Gasteiger partial charge on any atom is -0.493 e. The van der Waals surface area contributed by atoms with Crippen LogP contribution >= 0.6 is 0 Å². The van der Waals surface area contributed by atoms with E-state index in [2.05, 4.69) is 5.32 Å². The van der Waals surface area contributed by atoms with Crippen LogP contribution in [0.3, 0.4) is 0 Å². The second-order valence-electron chi connectivity index (χ2n) is 5.03. The number of ether oxygens (including phenoxy) is 2. The Bertz CT molecular complexity index is 414. The highest BCUT2D eigenvalue weighted by atomic mass is 16.5. The van der Waals surface area contributed by atoms with Crippen molar-refractivity contribution >= 4 is 11.6 Å². The Kier molecular flexibility index (Phi) is 5.68. The molecule has 1 fully saturated rings. The van der Waals surface area contributed by atoms with Gasteiger partial charge in [0.2, 0.25) is 5.91 Å². The van der Waals surface area contributed by atoms with Crippen molar-refractivity contribution in [2.45, 2.75) is 19.3 Å². The smallest absolute Gasteiger partial charge is 0.223 e. The van der Waals surface area contributed by atoms with E-state index >= 15 is 0 Å². The molecule has 5 nitrogen and oxygen atoms in total. The van der Waals surface area contributed by atoms with Crippen molar-refractivity contribution in [3.05, 3.63) is 24.3 Å². The fourth-order valence-corrected chi connectivity index (χ4v) is 2.12. The van der Waals surface area contributed by atoms with Crippen LogP contribution in [-0.2, 0) is 9.53 Å². The maximum absolute atomic E-state index is 11.7. The molecule has 2 rings (SSSR count). The summed E-state index contributed by atoms with van der Waals surface area (Å²) in [4.78, 5) is 11.7. The van der Waals surface area contributed by atoms with Gasteiger partial charge in [0.25, 0.3) is 0 Å². The zero-order valence-electron chi connectivity index (χ0n) is 11.6. The van der Waals surface area contributed by atoms with Crippen molar-refractivity contribution in [3.63, 3.8) is 0 Å². The summed E-state index contributed by atoms with van der Waals surface area (Å²) >= 11 is 0. The molecule has 20 heavy (non-hydrogen) atoms. The number of nitrogens with two attached hydrogens (primary N) is 1. The Morgan fingerprint density at radius 2 is 2.00 bits per heavy atom. The minimum absolute atomic E-state index is 0.0342. The van der Waals surface area contributed by atoms with E-state index in [4.69, 9.17) is 15.2 Å². The van der Waals surface area contributed by atoms with Crippen LogP contribution in [0.25, 0.3) is 0 Å². The van der Waals surface area contributed by atoms with E-state index < -0.39 is 0 Å². The molecule has 3 N–H and O–H groups in total. The summed E-state index contributed by atoms with van der Waals surface area (Å²) in [6.45, 7) is 2.73. The molecule has 1 aromatic rings. The number of benzene rings is 1. The Morgan fingerprint density at radius 3 is 2.70 bits per heavy atom. The van der Waals surface area contributed by atoms with Gasteiger partial charge in [-0.25, -0.2) is 0 Å². The number of nitrogens with one attached hydrogen (secondary N) is 1. The van der Waals surface area contributed by atoms with E-state index in [0.717, 1.165) is 38.3 Å². The highest BCUT2D eigenvalue weighted by Crippen LogP contribution is 2.14. The molecule has 0 aliphatic carbocycles. The number of nitrogen functional groups attached to an aromatic ring is 1. The van der Waals surface area contributed by atoms with Gasteiger partial charge >= 0.3 is 0 Å². The van der Waals surface area contributed by atoms with Crippen LogP contribution in [0.2, 0.25) is 0 Å². The lowest BCUT2D eigenvalue weighted by atomic mass is 10.0. The Balaban J connectivity index is 1.58. The van der Waals surface area contributed by atoms with Gasteiger partial charge in [0, 0.05) is 25.4 Å². The third-order valence-electron chi connectivity index (χ3n) is 3.41. The Hall–Kier alpha value is -1.75. The lowest BCUT2D eigenvalue weighted by Gasteiger charge is -2.22. The minimum atomic E-state index is 0.0342. The van der Waals surface area contributed by atoms with Gasteiger partial charge in [0.05, 0.1) is 13.0 Å². The SMILES string of the molecule is Nc1ccc(OCCC(=O)NCC2CCOCC2)cc1. The summed E-state index contributed by atoms with van der Waals surface area (Å²) in [6, 6.07) is 7.16. The molecule has 1 aromatic carbocycles. The van der Waals surface area contributed by atoms with Crippen LogP contribution in [0, 0.1) is 5.92 Å². The molecule has 1 aliphatic heterocycles. The third-order valence-corrected chi connectivity index (χ3v) is 3.41. The lowest BCUT2D eigenvalue weighted by molar-refractivity contribution is -0.121. The van der Waals surface area contributed by atoms with Gasteiger partial charge in [0.15, 0.2) is 0 Å². The number of anilines is 1. The lowest BCUT2D eigenvalue weighted by Crippen LogP contribution is -2.32. The van der Waals surface area contributed by atoms with Crippen LogP contribution in [0.15, 0.2) is 24.3 Å². The predicted octanol–water partition coefficient (Wildman–Crippen LogP) is 1.58. The van der Waals surface area contributed by atoms with E-state index in [9.17, 15) is 4.79 Å². The zero-order valence-corrected chi connectivity index (χ0v) is 11.6. The molecule has 0 atom stereocenters. The van der Waals surface area contributed by atoms with Gasteiger partial charge < -0.3 is 20.5 Å². The standard InChI is InChI=1S/C15H22N2O3/c16-13-1-3-14(4-2-13)20-10-7-15(18)17-11-12-5-8-19-9-6-12/h1-4,12H,5-11,16H2,(H,17,18). The average molecular weight is 278 g/mol. The van der Waals surface area contributed by atoms with Crippen molar-refractivity contribution in [1.82, 2.24) is 5.32 Å². The Labute approximate surface area is 119 Å². The highest BCUT2D eigenvalue weighted by molar-refractivity contribution is 5.75. The van der Waals surface area contributed by atoms with Crippen LogP contribution in [0.1, 0.15) is 19.3 Å². The van der Waals surface area contributed by atoms with E-state index in [-0.39, 0.29) is 5.91 Å². The van der Waals surface area contributed by atoms with Gasteiger partial charge in [-0.1, -0.05) is 0 Å². The monoisotopic (exact) mass is 278 g/mol. The molecular weight excluding hydrogens is 256 g/mol. The molecule has 0 aromatic heterocycles. The maximum Gasteiger partial charge on any atom is 0.223 e. The van der Waals surface area contributed by atoms with Gasteiger partial charge in [-0.3, -0.25) is 4.79 Å². The number of carbonyl (C=O) groups is 1. The van der Waals surface area contributed by atoms with Crippen LogP contribution in [0.4, 0.5) is 5.69 Å².